The van der Waals surface area contributed by atoms with Gasteiger partial charge in [0, 0.05) is 18.5 Å². The first-order valence-corrected chi connectivity index (χ1v) is 8.70. The lowest BCUT2D eigenvalue weighted by atomic mass is 9.81. The van der Waals surface area contributed by atoms with Crippen LogP contribution < -0.4 is 15.4 Å². The average Bonchev–Trinajstić information content (AvgIpc) is 2.58. The van der Waals surface area contributed by atoms with Crippen molar-refractivity contribution < 1.29 is 14.3 Å². The summed E-state index contributed by atoms with van der Waals surface area (Å²) in [6.07, 6.45) is 3.32. The molecular formula is C19H28N2O3. The fraction of sp³-hybridized carbons (Fsp3) is 0.579. The molecule has 2 rings (SSSR count). The van der Waals surface area contributed by atoms with Gasteiger partial charge in [0.1, 0.15) is 5.75 Å². The minimum Gasteiger partial charge on any atom is -0.494 e. The van der Waals surface area contributed by atoms with Gasteiger partial charge in [-0.1, -0.05) is 19.1 Å². The van der Waals surface area contributed by atoms with Gasteiger partial charge in [-0.25, -0.2) is 0 Å². The Morgan fingerprint density at radius 1 is 1.29 bits per heavy atom. The van der Waals surface area contributed by atoms with Gasteiger partial charge in [-0.2, -0.15) is 0 Å². The maximum Gasteiger partial charge on any atom is 0.220 e. The molecule has 1 aromatic carbocycles. The molecule has 1 aliphatic rings. The standard InChI is InChI=1S/C19H28N2O3/c1-15(22)16-5-3-6-17(13-16)24-12-4-7-18(23)21-14-19(2)8-10-20-11-9-19/h3,5-6,13,20H,4,7-12,14H2,1-2H3,(H,21,23). The highest BCUT2D eigenvalue weighted by atomic mass is 16.5. The van der Waals surface area contributed by atoms with Gasteiger partial charge in [0.2, 0.25) is 5.91 Å². The smallest absolute Gasteiger partial charge is 0.220 e. The fourth-order valence-electron chi connectivity index (χ4n) is 2.84. The monoisotopic (exact) mass is 332 g/mol. The Labute approximate surface area is 144 Å². The highest BCUT2D eigenvalue weighted by Gasteiger charge is 2.26. The second-order valence-corrected chi connectivity index (χ2v) is 6.87. The molecule has 5 heteroatoms. The van der Waals surface area contributed by atoms with Gasteiger partial charge in [-0.3, -0.25) is 9.59 Å². The molecule has 2 N–H and O–H groups in total. The zero-order chi connectivity index (χ0) is 17.4. The molecule has 1 heterocycles. The van der Waals surface area contributed by atoms with Crippen molar-refractivity contribution in [1.29, 1.82) is 0 Å². The van der Waals surface area contributed by atoms with Crippen LogP contribution in [0.1, 0.15) is 49.9 Å². The van der Waals surface area contributed by atoms with E-state index in [1.807, 2.05) is 6.07 Å². The molecule has 0 bridgehead atoms. The van der Waals surface area contributed by atoms with Gasteiger partial charge in [0.15, 0.2) is 5.78 Å². The molecule has 0 atom stereocenters. The molecule has 1 saturated heterocycles. The largest absolute Gasteiger partial charge is 0.494 e. The number of carbonyl (C=O) groups is 2. The summed E-state index contributed by atoms with van der Waals surface area (Å²) in [5, 5.41) is 6.39. The maximum absolute atomic E-state index is 12.0. The van der Waals surface area contributed by atoms with E-state index in [4.69, 9.17) is 4.74 Å². The van der Waals surface area contributed by atoms with Crippen LogP contribution in [0.25, 0.3) is 0 Å². The van der Waals surface area contributed by atoms with Gasteiger partial charge in [0.25, 0.3) is 0 Å². The van der Waals surface area contributed by atoms with Crippen molar-refractivity contribution in [3.63, 3.8) is 0 Å². The summed E-state index contributed by atoms with van der Waals surface area (Å²) in [6, 6.07) is 7.13. The molecule has 0 saturated carbocycles. The van der Waals surface area contributed by atoms with Gasteiger partial charge >= 0.3 is 0 Å². The highest BCUT2D eigenvalue weighted by Crippen LogP contribution is 2.26. The molecule has 1 fully saturated rings. The predicted octanol–water partition coefficient (Wildman–Crippen LogP) is 2.55. The van der Waals surface area contributed by atoms with Crippen molar-refractivity contribution >= 4 is 11.7 Å². The summed E-state index contributed by atoms with van der Waals surface area (Å²) in [6.45, 7) is 7.04. The number of carbonyl (C=O) groups excluding carboxylic acids is 2. The molecule has 1 aromatic rings. The highest BCUT2D eigenvalue weighted by molar-refractivity contribution is 5.94. The van der Waals surface area contributed by atoms with E-state index >= 15 is 0 Å². The Kier molecular flexibility index (Phi) is 6.79. The lowest BCUT2D eigenvalue weighted by Crippen LogP contribution is -2.42. The fourth-order valence-corrected chi connectivity index (χ4v) is 2.84. The molecule has 0 aromatic heterocycles. The van der Waals surface area contributed by atoms with E-state index in [-0.39, 0.29) is 17.1 Å². The van der Waals surface area contributed by atoms with Crippen LogP contribution in [-0.2, 0) is 4.79 Å². The van der Waals surface area contributed by atoms with Crippen LogP contribution in [0.5, 0.6) is 5.75 Å². The minimum absolute atomic E-state index is 0.0197. The topological polar surface area (TPSA) is 67.4 Å². The van der Waals surface area contributed by atoms with Crippen LogP contribution in [0.15, 0.2) is 24.3 Å². The summed E-state index contributed by atoms with van der Waals surface area (Å²) in [5.41, 5.74) is 0.852. The van der Waals surface area contributed by atoms with Crippen LogP contribution in [0.3, 0.4) is 0 Å². The predicted molar refractivity (Wildman–Crippen MR) is 94.4 cm³/mol. The van der Waals surface area contributed by atoms with Crippen molar-refractivity contribution in [2.75, 3.05) is 26.2 Å². The van der Waals surface area contributed by atoms with Crippen LogP contribution in [-0.4, -0.2) is 37.9 Å². The van der Waals surface area contributed by atoms with E-state index in [1.165, 1.54) is 6.92 Å². The molecule has 0 radical (unpaired) electrons. The third kappa shape index (κ3) is 5.96. The number of rotatable bonds is 8. The van der Waals surface area contributed by atoms with E-state index in [2.05, 4.69) is 17.6 Å². The third-order valence-electron chi connectivity index (χ3n) is 4.58. The Morgan fingerprint density at radius 2 is 2.04 bits per heavy atom. The number of Topliss-reactive ketones (excluding diaryl/α,β-unsaturated/α-hetero) is 1. The van der Waals surface area contributed by atoms with Gasteiger partial charge in [0.05, 0.1) is 6.61 Å². The molecule has 24 heavy (non-hydrogen) atoms. The Hall–Kier alpha value is -1.88. The number of ether oxygens (including phenoxy) is 1. The van der Waals surface area contributed by atoms with Crippen LogP contribution in [0.2, 0.25) is 0 Å². The van der Waals surface area contributed by atoms with Crippen molar-refractivity contribution in [3.8, 4) is 5.75 Å². The number of amides is 1. The SMILES string of the molecule is CC(=O)c1cccc(OCCCC(=O)NCC2(C)CCNCC2)c1. The Balaban J connectivity index is 1.64. The summed E-state index contributed by atoms with van der Waals surface area (Å²) >= 11 is 0. The quantitative estimate of drug-likeness (QED) is 0.567. The van der Waals surface area contributed by atoms with Gasteiger partial charge in [-0.05, 0) is 56.8 Å². The summed E-state index contributed by atoms with van der Waals surface area (Å²) in [7, 11) is 0. The van der Waals surface area contributed by atoms with Crippen molar-refractivity contribution in [2.45, 2.75) is 39.5 Å². The average molecular weight is 332 g/mol. The number of hydrogen-bond acceptors (Lipinski definition) is 4. The summed E-state index contributed by atoms with van der Waals surface area (Å²) < 4.78 is 5.62. The van der Waals surface area contributed by atoms with Gasteiger partial charge < -0.3 is 15.4 Å². The Morgan fingerprint density at radius 3 is 2.75 bits per heavy atom. The van der Waals surface area contributed by atoms with E-state index in [9.17, 15) is 9.59 Å². The van der Waals surface area contributed by atoms with Crippen LogP contribution in [0.4, 0.5) is 0 Å². The molecular weight excluding hydrogens is 304 g/mol. The van der Waals surface area contributed by atoms with E-state index in [0.29, 0.717) is 30.8 Å². The number of nitrogens with one attached hydrogen (secondary N) is 2. The second-order valence-electron chi connectivity index (χ2n) is 6.87. The van der Waals surface area contributed by atoms with Crippen molar-refractivity contribution in [3.05, 3.63) is 29.8 Å². The summed E-state index contributed by atoms with van der Waals surface area (Å²) in [4.78, 5) is 23.3. The molecule has 1 amide bonds. The molecule has 5 nitrogen and oxygen atoms in total. The van der Waals surface area contributed by atoms with Crippen molar-refractivity contribution in [2.24, 2.45) is 5.41 Å². The molecule has 0 aliphatic carbocycles. The first-order chi connectivity index (χ1) is 11.5. The van der Waals surface area contributed by atoms with E-state index in [0.717, 1.165) is 32.5 Å². The first kappa shape index (κ1) is 18.5. The number of piperidine rings is 1. The van der Waals surface area contributed by atoms with Crippen LogP contribution >= 0.6 is 0 Å². The Bertz CT molecular complexity index is 565. The molecule has 132 valence electrons. The maximum atomic E-state index is 12.0. The normalized spacial score (nSPS) is 16.4. The minimum atomic E-state index is 0.0197. The van der Waals surface area contributed by atoms with E-state index < -0.39 is 0 Å². The van der Waals surface area contributed by atoms with Crippen LogP contribution in [0, 0.1) is 5.41 Å². The number of hydrogen-bond donors (Lipinski definition) is 2. The zero-order valence-corrected chi connectivity index (χ0v) is 14.7. The molecule has 1 aliphatic heterocycles. The third-order valence-corrected chi connectivity index (χ3v) is 4.58. The van der Waals surface area contributed by atoms with Crippen molar-refractivity contribution in [1.82, 2.24) is 10.6 Å². The second kappa shape index (κ2) is 8.83. The number of benzene rings is 1. The van der Waals surface area contributed by atoms with E-state index in [1.54, 1.807) is 18.2 Å². The lowest BCUT2D eigenvalue weighted by molar-refractivity contribution is -0.121. The molecule has 0 unspecified atom stereocenters. The number of ketones is 1. The van der Waals surface area contributed by atoms with Gasteiger partial charge in [-0.15, -0.1) is 0 Å². The first-order valence-electron chi connectivity index (χ1n) is 8.70. The molecule has 0 spiro atoms. The zero-order valence-electron chi connectivity index (χ0n) is 14.7. The summed E-state index contributed by atoms with van der Waals surface area (Å²) in [5.74, 6) is 0.771. The lowest BCUT2D eigenvalue weighted by Gasteiger charge is -2.34.